The smallest absolute Gasteiger partial charge is 0.252 e. The summed E-state index contributed by atoms with van der Waals surface area (Å²) in [5, 5.41) is 33.7. The zero-order chi connectivity index (χ0) is 98.9. The summed E-state index contributed by atoms with van der Waals surface area (Å²) in [5.74, 6) is 2.89. The molecule has 8 aliphatic carbocycles. The molecule has 0 amide bonds. The highest BCUT2D eigenvalue weighted by atomic mass is 32.3. The third kappa shape index (κ3) is 21.2. The van der Waals surface area contributed by atoms with Crippen LogP contribution in [-0.4, -0.2) is 166 Å². The number of aryl methyl sites for hydroxylation is 8. The van der Waals surface area contributed by atoms with E-state index in [2.05, 4.69) is 104 Å². The quantitative estimate of drug-likeness (QED) is 0.0229. The molecule has 16 heterocycles. The molecule has 746 valence electrons. The Labute approximate surface area is 845 Å². The highest BCUT2D eigenvalue weighted by Gasteiger charge is 2.39. The molecule has 36 nitrogen and oxygen atoms in total. The van der Waals surface area contributed by atoms with Crippen LogP contribution >= 0.6 is 45.3 Å². The van der Waals surface area contributed by atoms with Crippen molar-refractivity contribution in [3.8, 4) is 45.0 Å². The molecule has 0 bridgehead atoms. The van der Waals surface area contributed by atoms with Crippen LogP contribution in [0.2, 0.25) is 0 Å². The van der Waals surface area contributed by atoms with Crippen molar-refractivity contribution < 1.29 is 33.7 Å². The van der Waals surface area contributed by atoms with Crippen LogP contribution in [0.1, 0.15) is 206 Å². The molecule has 7 N–H and O–H groups in total. The Morgan fingerprint density at radius 1 is 0.350 bits per heavy atom. The van der Waals surface area contributed by atoms with Crippen LogP contribution in [-0.2, 0) is 68.3 Å². The van der Waals surface area contributed by atoms with Gasteiger partial charge < -0.3 is 21.3 Å². The molecule has 0 aromatic carbocycles. The van der Waals surface area contributed by atoms with E-state index in [1.807, 2.05) is 193 Å². The monoisotopic (exact) mass is 2080 g/mol. The largest absolute Gasteiger partial charge is 0.329 e. The van der Waals surface area contributed by atoms with Gasteiger partial charge in [-0.25, -0.2) is 87.7 Å². The SMILES string of the molecule is Cc1cc(Nc2nc(C3=CCCCC3)cn3c(-c4cnn(C)c4)cnc23)sc1S(=O)(=O)N(C)C1CC1.Cc1cc(Nc2nc(C3=CCCCC3)cn3c(-c4cnn(C)c4)cnc23)sc1S(=O)(=O)NC1CC1.Cc1cc(Nc2nc(C3=CCCCC3)cn3c(-c4cnn(C)c4)cnc23)sc1S(=O)(=O)NC1CCC1.Cc1cc(Nc2nc(C3=CCCCC3)cn3c(-c4cnn(C)c4)cnc23)sc1S(=O)(=O)NCC1CC1. The molecule has 0 unspecified atom stereocenters. The van der Waals surface area contributed by atoms with Crippen molar-refractivity contribution in [3.05, 3.63) is 193 Å². The first-order valence-electron chi connectivity index (χ1n) is 48.7. The highest BCUT2D eigenvalue weighted by Crippen LogP contribution is 2.45. The Morgan fingerprint density at radius 3 is 0.902 bits per heavy atom. The number of sulfonamides is 4. The van der Waals surface area contributed by atoms with Gasteiger partial charge >= 0.3 is 0 Å². The fourth-order valence-corrected chi connectivity index (χ4v) is 30.3. The zero-order valence-corrected chi connectivity index (χ0v) is 87.5. The van der Waals surface area contributed by atoms with E-state index >= 15 is 0 Å². The summed E-state index contributed by atoms with van der Waals surface area (Å²) in [6.45, 7) is 7.84. The number of allylic oxidation sites excluding steroid dienone is 8. The van der Waals surface area contributed by atoms with Crippen LogP contribution in [0.25, 0.3) is 89.9 Å². The van der Waals surface area contributed by atoms with Crippen molar-refractivity contribution in [2.45, 2.75) is 223 Å². The van der Waals surface area contributed by atoms with E-state index in [1.165, 1.54) is 97.6 Å². The first kappa shape index (κ1) is 97.0. The lowest BCUT2D eigenvalue weighted by Crippen LogP contribution is -2.39. The van der Waals surface area contributed by atoms with Crippen LogP contribution in [0.3, 0.4) is 0 Å². The van der Waals surface area contributed by atoms with Gasteiger partial charge in [-0.15, -0.1) is 45.3 Å². The number of fused-ring (bicyclic) bond motifs is 4. The number of imidazole rings is 4. The number of thiophene rings is 4. The summed E-state index contributed by atoms with van der Waals surface area (Å²) in [4.78, 5) is 38.5. The molecular formula is C99H114N28O8S8. The van der Waals surface area contributed by atoms with Gasteiger partial charge in [0, 0.05) is 132 Å². The van der Waals surface area contributed by atoms with E-state index in [-0.39, 0.29) is 18.1 Å². The summed E-state index contributed by atoms with van der Waals surface area (Å²) in [6.07, 6.45) is 66.0. The number of aromatic nitrogens is 20. The lowest BCUT2D eigenvalue weighted by atomic mass is 9.94. The summed E-state index contributed by atoms with van der Waals surface area (Å²) >= 11 is 4.92. The fraction of sp³-hybridized carbons (Fsp3) is 0.394. The third-order valence-corrected chi connectivity index (χ3v) is 40.4. The maximum absolute atomic E-state index is 13.2. The van der Waals surface area contributed by atoms with Crippen LogP contribution < -0.4 is 35.4 Å². The molecule has 4 fully saturated rings. The Morgan fingerprint density at radius 2 is 0.643 bits per heavy atom. The van der Waals surface area contributed by atoms with Gasteiger partial charge in [-0.05, 0) is 257 Å². The van der Waals surface area contributed by atoms with Crippen molar-refractivity contribution in [2.75, 3.05) is 34.9 Å². The molecule has 16 aromatic heterocycles. The third-order valence-electron chi connectivity index (χ3n) is 26.9. The van der Waals surface area contributed by atoms with Crippen LogP contribution in [0.5, 0.6) is 0 Å². The molecule has 143 heavy (non-hydrogen) atoms. The van der Waals surface area contributed by atoms with Gasteiger partial charge in [-0.3, -0.25) is 36.3 Å². The lowest BCUT2D eigenvalue weighted by Gasteiger charge is -2.25. The Hall–Kier alpha value is -12.1. The molecule has 0 aliphatic heterocycles. The van der Waals surface area contributed by atoms with Crippen molar-refractivity contribution in [1.82, 2.24) is 115 Å². The normalized spacial score (nSPS) is 16.6. The molecule has 0 saturated heterocycles. The number of hydrogen-bond acceptors (Lipinski definition) is 28. The highest BCUT2D eigenvalue weighted by molar-refractivity contribution is 7.92. The van der Waals surface area contributed by atoms with Crippen molar-refractivity contribution >= 4 is 174 Å². The minimum absolute atomic E-state index is 0.0467. The van der Waals surface area contributed by atoms with Gasteiger partial charge in [0.2, 0.25) is 10.0 Å². The minimum Gasteiger partial charge on any atom is -0.329 e. The second-order valence-electron chi connectivity index (χ2n) is 38.3. The zero-order valence-electron chi connectivity index (χ0n) is 81.0. The molecule has 16 aromatic rings. The first-order chi connectivity index (χ1) is 68.9. The number of nitrogens with zero attached hydrogens (tertiary/aromatic N) is 21. The average Bonchev–Trinajstić information content (AvgIpc) is 1.62. The average molecular weight is 2080 g/mol. The van der Waals surface area contributed by atoms with E-state index < -0.39 is 40.1 Å². The molecular weight excluding hydrogens is 1970 g/mol. The van der Waals surface area contributed by atoms with Gasteiger partial charge in [0.1, 0.15) is 16.8 Å². The van der Waals surface area contributed by atoms with E-state index in [0.29, 0.717) is 91.3 Å². The topological polar surface area (TPSA) is 416 Å². The molecule has 44 heteroatoms. The summed E-state index contributed by atoms with van der Waals surface area (Å²) in [6, 6.07) is 7.71. The summed E-state index contributed by atoms with van der Waals surface area (Å²) in [7, 11) is -4.90. The molecule has 24 rings (SSSR count). The Kier molecular flexibility index (Phi) is 27.2. The second kappa shape index (κ2) is 40.1. The van der Waals surface area contributed by atoms with Gasteiger partial charge in [0.05, 0.1) is 115 Å². The van der Waals surface area contributed by atoms with Gasteiger partial charge in [-0.2, -0.15) is 24.7 Å². The number of anilines is 8. The number of nitrogens with one attached hydrogen (secondary N) is 7. The van der Waals surface area contributed by atoms with Crippen molar-refractivity contribution in [1.29, 1.82) is 0 Å². The van der Waals surface area contributed by atoms with E-state index in [0.717, 1.165) is 229 Å². The number of hydrogen-bond donors (Lipinski definition) is 7. The maximum Gasteiger partial charge on any atom is 0.252 e. The maximum atomic E-state index is 13.2. The van der Waals surface area contributed by atoms with Crippen molar-refractivity contribution in [2.24, 2.45) is 34.1 Å². The minimum atomic E-state index is -3.55. The fourth-order valence-electron chi connectivity index (χ4n) is 18.5. The molecule has 0 atom stereocenters. The second-order valence-corrected chi connectivity index (χ2v) is 50.5. The van der Waals surface area contributed by atoms with Crippen LogP contribution in [0.15, 0.2) is 165 Å². The predicted octanol–water partition coefficient (Wildman–Crippen LogP) is 19.5. The van der Waals surface area contributed by atoms with Gasteiger partial charge in [0.15, 0.2) is 45.9 Å². The van der Waals surface area contributed by atoms with Crippen molar-refractivity contribution in [3.63, 3.8) is 0 Å². The Balaban J connectivity index is 0.000000113. The van der Waals surface area contributed by atoms with Gasteiger partial charge in [-0.1, -0.05) is 30.7 Å². The van der Waals surface area contributed by atoms with E-state index in [4.69, 9.17) is 19.9 Å². The Bertz CT molecular complexity index is 8190. The van der Waals surface area contributed by atoms with Gasteiger partial charge in [0.25, 0.3) is 30.1 Å². The predicted molar refractivity (Wildman–Crippen MR) is 563 cm³/mol. The standard InChI is InChI=1S/3C25H29N7O2S2.C24H27N7O2S2/c1-16-11-22(35-25(16)36(33,34)31(3)19-9-10-19)29-23-24-26-13-21(18-12-27-30(2)14-18)32(24)15-20(28-23)17-7-5-4-6-8-17;1-16-11-22(35-25(16)36(33,34)30-19-9-6-10-19)29-23-24-26-13-21(18-12-27-31(2)14-18)32(24)15-20(28-23)17-7-4-3-5-8-17;1-16-10-22(35-25(16)36(33,34)28-11-17-8-9-17)30-23-24-26-13-21(19-12-27-31(2)14-19)32(24)15-20(29-23)18-6-4-3-5-7-18;1-15-10-21(34-24(15)35(32,33)29-18-8-9-18)28-22-23-25-12-20(17-11-26-30(2)13-17)31(23)14-19(27-22)16-6-4-3-5-7-16/h7,11-15,19H,4-6,8-10H2,1-3H3,(H,28,29);7,11-15,19,30H,3-6,8-10H2,1-2H3,(H,28,29);6,10,12-15,17,28H,3-5,7-9,11H2,1-2H3,(H,29,30);6,10-14,18,29H,3-5,7-9H2,1-2H3,(H,27,28). The van der Waals surface area contributed by atoms with E-state index in [9.17, 15) is 33.7 Å². The summed E-state index contributed by atoms with van der Waals surface area (Å²) in [5.41, 5.74) is 21.7. The molecule has 4 saturated carbocycles. The molecule has 0 spiro atoms. The first-order valence-corrected chi connectivity index (χ1v) is 57.9. The van der Waals surface area contributed by atoms with Crippen LogP contribution in [0.4, 0.5) is 43.3 Å². The van der Waals surface area contributed by atoms with E-state index in [1.54, 1.807) is 25.8 Å². The number of rotatable bonds is 29. The van der Waals surface area contributed by atoms with Crippen LogP contribution in [0, 0.1) is 33.6 Å². The summed E-state index contributed by atoms with van der Waals surface area (Å²) < 4.78 is 130. The molecule has 0 radical (unpaired) electrons. The molecule has 8 aliphatic rings. The lowest BCUT2D eigenvalue weighted by molar-refractivity contribution is 0.384.